The van der Waals surface area contributed by atoms with Gasteiger partial charge in [0, 0.05) is 5.56 Å². The van der Waals surface area contributed by atoms with Gasteiger partial charge < -0.3 is 9.47 Å². The Hall–Kier alpha value is -3.97. The van der Waals surface area contributed by atoms with Crippen molar-refractivity contribution in [1.82, 2.24) is 14.6 Å². The maximum Gasteiger partial charge on any atom is 0.291 e. The first-order chi connectivity index (χ1) is 17.7. The summed E-state index contributed by atoms with van der Waals surface area (Å²) >= 11 is 1.32. The van der Waals surface area contributed by atoms with Crippen LogP contribution in [0.1, 0.15) is 38.2 Å². The number of unbranched alkanes of at least 4 members (excludes halogenated alkanes) is 3. The van der Waals surface area contributed by atoms with Crippen LogP contribution in [0.5, 0.6) is 17.2 Å². The molecule has 0 fully saturated rings. The van der Waals surface area contributed by atoms with Crippen molar-refractivity contribution in [3.05, 3.63) is 99.3 Å². The van der Waals surface area contributed by atoms with Gasteiger partial charge in [0.1, 0.15) is 17.2 Å². The first-order valence-electron chi connectivity index (χ1n) is 12.2. The highest BCUT2D eigenvalue weighted by atomic mass is 32.1. The van der Waals surface area contributed by atoms with Gasteiger partial charge in [0.05, 0.1) is 11.1 Å². The Bertz CT molecular complexity index is 1540. The van der Waals surface area contributed by atoms with Gasteiger partial charge in [-0.3, -0.25) is 4.79 Å². The molecule has 0 bridgehead atoms. The van der Waals surface area contributed by atoms with E-state index in [1.54, 1.807) is 0 Å². The molecular formula is C29H27N3O3S. The smallest absolute Gasteiger partial charge is 0.291 e. The van der Waals surface area contributed by atoms with E-state index in [4.69, 9.17) is 9.47 Å². The molecular weight excluding hydrogens is 470 g/mol. The van der Waals surface area contributed by atoms with Gasteiger partial charge in [0.25, 0.3) is 5.56 Å². The van der Waals surface area contributed by atoms with E-state index in [1.807, 2.05) is 84.9 Å². The Morgan fingerprint density at radius 2 is 1.69 bits per heavy atom. The van der Waals surface area contributed by atoms with E-state index in [2.05, 4.69) is 17.0 Å². The number of aromatic nitrogens is 3. The van der Waals surface area contributed by atoms with Crippen molar-refractivity contribution >= 4 is 22.4 Å². The number of hydrogen-bond acceptors (Lipinski definition) is 6. The number of benzene rings is 3. The average molecular weight is 498 g/mol. The highest BCUT2D eigenvalue weighted by Crippen LogP contribution is 2.23. The molecule has 0 aliphatic rings. The van der Waals surface area contributed by atoms with Crippen LogP contribution in [0.2, 0.25) is 0 Å². The zero-order valence-electron chi connectivity index (χ0n) is 20.1. The van der Waals surface area contributed by atoms with Crippen LogP contribution in [0.3, 0.4) is 0 Å². The minimum absolute atomic E-state index is 0.185. The Morgan fingerprint density at radius 1 is 0.889 bits per heavy atom. The lowest BCUT2D eigenvalue weighted by Crippen LogP contribution is -2.23. The highest BCUT2D eigenvalue weighted by Gasteiger charge is 2.12. The fourth-order valence-electron chi connectivity index (χ4n) is 3.82. The zero-order chi connectivity index (χ0) is 24.7. The summed E-state index contributed by atoms with van der Waals surface area (Å²) in [4.78, 5) is 18.1. The van der Waals surface area contributed by atoms with Crippen LogP contribution in [0.15, 0.2) is 83.7 Å². The van der Waals surface area contributed by atoms with E-state index in [1.165, 1.54) is 35.1 Å². The van der Waals surface area contributed by atoms with Crippen molar-refractivity contribution in [3.63, 3.8) is 0 Å². The third-order valence-electron chi connectivity index (χ3n) is 5.70. The van der Waals surface area contributed by atoms with Gasteiger partial charge in [-0.15, -0.1) is 5.10 Å². The Labute approximate surface area is 213 Å². The lowest BCUT2D eigenvalue weighted by molar-refractivity contribution is 0.305. The molecule has 0 unspecified atom stereocenters. The second-order valence-corrected chi connectivity index (χ2v) is 9.48. The van der Waals surface area contributed by atoms with Crippen LogP contribution in [-0.2, 0) is 0 Å². The molecule has 182 valence electrons. The molecule has 2 heterocycles. The van der Waals surface area contributed by atoms with Crippen LogP contribution in [0, 0.1) is 0 Å². The molecule has 0 saturated heterocycles. The van der Waals surface area contributed by atoms with Crippen LogP contribution in [-0.4, -0.2) is 21.2 Å². The summed E-state index contributed by atoms with van der Waals surface area (Å²) in [5.41, 5.74) is 1.53. The monoisotopic (exact) mass is 497 g/mol. The van der Waals surface area contributed by atoms with Gasteiger partial charge in [0.15, 0.2) is 5.82 Å². The molecule has 6 nitrogen and oxygen atoms in total. The predicted molar refractivity (Wildman–Crippen MR) is 144 cm³/mol. The number of para-hydroxylation sites is 1. The van der Waals surface area contributed by atoms with Crippen molar-refractivity contribution in [2.75, 3.05) is 6.61 Å². The molecule has 5 aromatic rings. The van der Waals surface area contributed by atoms with E-state index >= 15 is 0 Å². The summed E-state index contributed by atoms with van der Waals surface area (Å²) in [6.07, 6.45) is 6.54. The van der Waals surface area contributed by atoms with E-state index in [9.17, 15) is 4.79 Å². The van der Waals surface area contributed by atoms with Gasteiger partial charge in [0.2, 0.25) is 4.96 Å². The van der Waals surface area contributed by atoms with Crippen LogP contribution < -0.4 is 19.6 Å². The summed E-state index contributed by atoms with van der Waals surface area (Å²) in [6.45, 7) is 2.92. The number of rotatable bonds is 10. The summed E-state index contributed by atoms with van der Waals surface area (Å²) in [6, 6.07) is 24.9. The normalized spacial score (nSPS) is 11.8. The average Bonchev–Trinajstić information content (AvgIpc) is 3.44. The molecule has 7 heteroatoms. The summed E-state index contributed by atoms with van der Waals surface area (Å²) in [5.74, 6) is 2.82. The standard InChI is InChI=1S/C29H27N3O3S/c1-2-3-4-8-18-34-23-16-14-22(15-17-23)27-30-29-32(31-27)28(33)26(36-29)20-21-10-9-13-25(19-21)35-24-11-6-5-7-12-24/h5-7,9-17,19-20H,2-4,8,18H2,1H3/b26-20-. The van der Waals surface area contributed by atoms with Gasteiger partial charge in [-0.25, -0.2) is 0 Å². The summed E-state index contributed by atoms with van der Waals surface area (Å²) in [7, 11) is 0. The maximum atomic E-state index is 13.0. The van der Waals surface area contributed by atoms with Gasteiger partial charge >= 0.3 is 0 Å². The number of hydrogen-bond donors (Lipinski definition) is 0. The van der Waals surface area contributed by atoms with Crippen molar-refractivity contribution in [3.8, 4) is 28.6 Å². The minimum atomic E-state index is -0.185. The molecule has 0 N–H and O–H groups in total. The number of thiazole rings is 1. The zero-order valence-corrected chi connectivity index (χ0v) is 20.9. The van der Waals surface area contributed by atoms with E-state index in [0.717, 1.165) is 35.7 Å². The number of fused-ring (bicyclic) bond motifs is 1. The SMILES string of the molecule is CCCCCCOc1ccc(-c2nc3s/c(=C\c4cccc(Oc5ccccc5)c4)c(=O)n3n2)cc1. The molecule has 5 rings (SSSR count). The molecule has 0 aliphatic carbocycles. The first kappa shape index (κ1) is 23.8. The van der Waals surface area contributed by atoms with Gasteiger partial charge in [-0.2, -0.15) is 9.50 Å². The number of nitrogens with zero attached hydrogens (tertiary/aromatic N) is 3. The molecule has 0 saturated carbocycles. The Morgan fingerprint density at radius 3 is 2.47 bits per heavy atom. The lowest BCUT2D eigenvalue weighted by atomic mass is 10.2. The van der Waals surface area contributed by atoms with Gasteiger partial charge in [-0.05, 0) is 66.6 Å². The largest absolute Gasteiger partial charge is 0.494 e. The van der Waals surface area contributed by atoms with Crippen LogP contribution in [0.4, 0.5) is 0 Å². The molecule has 0 amide bonds. The molecule has 3 aromatic carbocycles. The van der Waals surface area contributed by atoms with Crippen molar-refractivity contribution < 1.29 is 9.47 Å². The number of ether oxygens (including phenoxy) is 2. The quantitative estimate of drug-likeness (QED) is 0.218. The predicted octanol–water partition coefficient (Wildman–Crippen LogP) is 6.12. The lowest BCUT2D eigenvalue weighted by Gasteiger charge is -2.06. The van der Waals surface area contributed by atoms with E-state index < -0.39 is 0 Å². The third kappa shape index (κ3) is 5.63. The van der Waals surface area contributed by atoms with Gasteiger partial charge in [-0.1, -0.05) is 67.9 Å². The third-order valence-corrected chi connectivity index (χ3v) is 6.65. The highest BCUT2D eigenvalue weighted by molar-refractivity contribution is 7.15. The molecule has 0 atom stereocenters. The molecule has 0 aliphatic heterocycles. The van der Waals surface area contributed by atoms with Crippen molar-refractivity contribution in [2.24, 2.45) is 0 Å². The van der Waals surface area contributed by atoms with E-state index in [0.29, 0.717) is 21.1 Å². The molecule has 2 aromatic heterocycles. The second-order valence-electron chi connectivity index (χ2n) is 8.47. The first-order valence-corrected chi connectivity index (χ1v) is 13.0. The topological polar surface area (TPSA) is 65.7 Å². The van der Waals surface area contributed by atoms with E-state index in [-0.39, 0.29) is 5.56 Å². The van der Waals surface area contributed by atoms with Crippen molar-refractivity contribution in [1.29, 1.82) is 0 Å². The molecule has 36 heavy (non-hydrogen) atoms. The summed E-state index contributed by atoms with van der Waals surface area (Å²) < 4.78 is 13.7. The molecule has 0 spiro atoms. The Balaban J connectivity index is 1.31. The second kappa shape index (κ2) is 11.2. The van der Waals surface area contributed by atoms with Crippen molar-refractivity contribution in [2.45, 2.75) is 32.6 Å². The molecule has 0 radical (unpaired) electrons. The minimum Gasteiger partial charge on any atom is -0.494 e. The summed E-state index contributed by atoms with van der Waals surface area (Å²) in [5, 5.41) is 4.46. The van der Waals surface area contributed by atoms with Crippen LogP contribution in [0.25, 0.3) is 22.4 Å². The Kier molecular flexibility index (Phi) is 7.38. The fourth-order valence-corrected chi connectivity index (χ4v) is 4.73. The maximum absolute atomic E-state index is 13.0. The fraction of sp³-hybridized carbons (Fsp3) is 0.207. The van der Waals surface area contributed by atoms with Crippen LogP contribution >= 0.6 is 11.3 Å².